The normalized spacial score (nSPS) is 12.5. The summed E-state index contributed by atoms with van der Waals surface area (Å²) < 4.78 is 5.24. The molecule has 0 amide bonds. The van der Waals surface area contributed by atoms with Crippen molar-refractivity contribution in [1.29, 1.82) is 0 Å². The van der Waals surface area contributed by atoms with Crippen molar-refractivity contribution < 1.29 is 0 Å². The minimum Gasteiger partial charge on any atom is -0.340 e. The molecule has 2 nitrogen and oxygen atoms in total. The molecule has 0 spiro atoms. The third kappa shape index (κ3) is 8.65. The Bertz CT molecular complexity index is 5270. The van der Waals surface area contributed by atoms with Crippen LogP contribution in [0.15, 0.2) is 231 Å². The van der Waals surface area contributed by atoms with Crippen molar-refractivity contribution in [3.8, 4) is 44.5 Å². The molecule has 16 aromatic carbocycles. The van der Waals surface area contributed by atoms with Gasteiger partial charge < -0.3 is 9.13 Å². The van der Waals surface area contributed by atoms with Crippen molar-refractivity contribution >= 4 is 141 Å². The molecule has 0 unspecified atom stereocenters. The van der Waals surface area contributed by atoms with Gasteiger partial charge in [-0.2, -0.15) is 0 Å². The van der Waals surface area contributed by atoms with E-state index in [4.69, 9.17) is 0 Å². The van der Waals surface area contributed by atoms with Crippen molar-refractivity contribution in [1.82, 2.24) is 9.13 Å². The zero-order valence-electron chi connectivity index (χ0n) is 51.7. The summed E-state index contributed by atoms with van der Waals surface area (Å²) in [6.07, 6.45) is 15.4. The molecule has 0 aliphatic rings. The van der Waals surface area contributed by atoms with E-state index in [1.54, 1.807) is 0 Å². The SMILES string of the molecule is CCCCCCCCn1c2ccc(-c3cc4ccc5cccc6ccc(c3)c4c56)cc2c2cc(-c3cc4ccc5cc(-c6ccc7c(c6)c6cc(-c8cc9ccc%10cccc%11ccc(c8)c9c%10%11)ccc6n7CCCCCCCC)cc6ccc(c3)c4c56)ccc21. The third-order valence-corrected chi connectivity index (χ3v) is 21.0. The van der Waals surface area contributed by atoms with Gasteiger partial charge in [-0.25, -0.2) is 0 Å². The van der Waals surface area contributed by atoms with Gasteiger partial charge in [0.1, 0.15) is 0 Å². The second-order valence-corrected chi connectivity index (χ2v) is 26.5. The zero-order valence-corrected chi connectivity index (χ0v) is 51.7. The summed E-state index contributed by atoms with van der Waals surface area (Å²) in [7, 11) is 0. The smallest absolute Gasteiger partial charge is 0.0491 e. The van der Waals surface area contributed by atoms with E-state index in [0.717, 1.165) is 13.1 Å². The molecule has 0 atom stereocenters. The van der Waals surface area contributed by atoms with Crippen LogP contribution in [0.1, 0.15) is 90.9 Å². The highest BCUT2D eigenvalue weighted by Gasteiger charge is 2.20. The molecule has 0 N–H and O–H groups in total. The molecule has 18 aromatic rings. The van der Waals surface area contributed by atoms with Gasteiger partial charge in [0.15, 0.2) is 0 Å². The highest BCUT2D eigenvalue weighted by molar-refractivity contribution is 6.27. The molecule has 2 heterocycles. The molecule has 2 heteroatoms. The van der Waals surface area contributed by atoms with Crippen molar-refractivity contribution in [2.75, 3.05) is 0 Å². The second kappa shape index (κ2) is 21.5. The molecule has 0 saturated heterocycles. The fourth-order valence-electron chi connectivity index (χ4n) is 16.5. The Morgan fingerprint density at radius 2 is 0.422 bits per heavy atom. The highest BCUT2D eigenvalue weighted by Crippen LogP contribution is 2.45. The van der Waals surface area contributed by atoms with E-state index in [1.165, 1.54) is 262 Å². The minimum atomic E-state index is 1.02. The van der Waals surface area contributed by atoms with Crippen LogP contribution in [-0.2, 0) is 13.1 Å². The molecule has 0 radical (unpaired) electrons. The highest BCUT2D eigenvalue weighted by atomic mass is 15.0. The van der Waals surface area contributed by atoms with Crippen molar-refractivity contribution in [3.63, 3.8) is 0 Å². The number of hydrogen-bond donors (Lipinski definition) is 0. The Balaban J connectivity index is 0.712. The number of rotatable bonds is 18. The minimum absolute atomic E-state index is 1.02. The first-order valence-corrected chi connectivity index (χ1v) is 33.7. The van der Waals surface area contributed by atoms with Crippen LogP contribution in [-0.4, -0.2) is 9.13 Å². The number of aryl methyl sites for hydroxylation is 2. The van der Waals surface area contributed by atoms with Crippen LogP contribution in [0.2, 0.25) is 0 Å². The van der Waals surface area contributed by atoms with Crippen LogP contribution in [0.5, 0.6) is 0 Å². The van der Waals surface area contributed by atoms with Crippen LogP contribution in [0.3, 0.4) is 0 Å². The van der Waals surface area contributed by atoms with E-state index in [2.05, 4.69) is 254 Å². The lowest BCUT2D eigenvalue weighted by atomic mass is 9.89. The summed E-state index contributed by atoms with van der Waals surface area (Å²) in [6.45, 7) is 6.66. The monoisotopic (exact) mass is 1160 g/mol. The number of aromatic nitrogens is 2. The molecule has 0 bridgehead atoms. The fourth-order valence-corrected chi connectivity index (χ4v) is 16.5. The number of hydrogen-bond acceptors (Lipinski definition) is 0. The van der Waals surface area contributed by atoms with Gasteiger partial charge in [-0.3, -0.25) is 0 Å². The van der Waals surface area contributed by atoms with Gasteiger partial charge in [0.05, 0.1) is 0 Å². The Kier molecular flexibility index (Phi) is 12.7. The maximum Gasteiger partial charge on any atom is 0.0491 e. The fraction of sp³-hybridized carbons (Fsp3) is 0.182. The Morgan fingerprint density at radius 1 is 0.200 bits per heavy atom. The van der Waals surface area contributed by atoms with Crippen LogP contribution in [0, 0.1) is 0 Å². The Labute approximate surface area is 525 Å². The zero-order chi connectivity index (χ0) is 59.6. The maximum atomic E-state index is 2.62. The summed E-state index contributed by atoms with van der Waals surface area (Å²) >= 11 is 0. The lowest BCUT2D eigenvalue weighted by molar-refractivity contribution is 0.571. The van der Waals surface area contributed by atoms with Crippen LogP contribution in [0.4, 0.5) is 0 Å². The van der Waals surface area contributed by atoms with Crippen molar-refractivity contribution in [2.45, 2.75) is 104 Å². The van der Waals surface area contributed by atoms with Gasteiger partial charge in [0.25, 0.3) is 0 Å². The standard InChI is InChI=1S/C88H72N2/c1-3-5-7-9-11-13-41-89-79-37-33-59(71-43-63-25-21-55-17-15-18-56-22-26-64(44-71)85(63)83(55)56)51-75(79)77-53-61(35-39-81(77)89)73-47-67-29-31-69-49-74(50-70-32-30-68(48-73)87(67)88(69)70)62-36-40-82-78(54-62)76-52-60(34-38-80(76)90(82)42-14-12-10-8-6-4-2)72-45-65-27-23-57-19-16-20-58-24-28-66(46-72)86(65)84(57)58/h15-40,43-54H,3-14,41-42H2,1-2H3. The Morgan fingerprint density at radius 3 is 0.678 bits per heavy atom. The quantitative estimate of drug-likeness (QED) is 0.0599. The molecule has 0 fully saturated rings. The molecule has 0 aliphatic carbocycles. The summed E-state index contributed by atoms with van der Waals surface area (Å²) in [4.78, 5) is 0. The van der Waals surface area contributed by atoms with E-state index in [1.807, 2.05) is 0 Å². The lowest BCUT2D eigenvalue weighted by Crippen LogP contribution is -1.98. The number of benzene rings is 16. The number of nitrogens with zero attached hydrogens (tertiary/aromatic N) is 2. The molecule has 2 aromatic heterocycles. The predicted molar refractivity (Wildman–Crippen MR) is 392 cm³/mol. The molecule has 434 valence electrons. The summed E-state index contributed by atoms with van der Waals surface area (Å²) in [6, 6.07) is 89.9. The third-order valence-electron chi connectivity index (χ3n) is 21.0. The molecule has 0 aliphatic heterocycles. The van der Waals surface area contributed by atoms with Gasteiger partial charge in [-0.1, -0.05) is 212 Å². The first-order valence-electron chi connectivity index (χ1n) is 33.7. The van der Waals surface area contributed by atoms with Gasteiger partial charge in [0, 0.05) is 56.7 Å². The van der Waals surface area contributed by atoms with Crippen LogP contribution < -0.4 is 0 Å². The van der Waals surface area contributed by atoms with Gasteiger partial charge in [-0.15, -0.1) is 0 Å². The van der Waals surface area contributed by atoms with Crippen LogP contribution >= 0.6 is 0 Å². The lowest BCUT2D eigenvalue weighted by Gasteiger charge is -2.15. The predicted octanol–water partition coefficient (Wildman–Crippen LogP) is 26.0. The molecule has 18 rings (SSSR count). The largest absolute Gasteiger partial charge is 0.340 e. The van der Waals surface area contributed by atoms with Crippen molar-refractivity contribution in [2.24, 2.45) is 0 Å². The van der Waals surface area contributed by atoms with Gasteiger partial charge in [-0.05, 0) is 251 Å². The summed E-state index contributed by atoms with van der Waals surface area (Å²) in [5.74, 6) is 0. The van der Waals surface area contributed by atoms with Crippen molar-refractivity contribution in [3.05, 3.63) is 231 Å². The average Bonchev–Trinajstić information content (AvgIpc) is 0.963. The molecular weight excluding hydrogens is 1080 g/mol. The average molecular weight is 1160 g/mol. The first-order chi connectivity index (χ1) is 44.5. The van der Waals surface area contributed by atoms with E-state index in [9.17, 15) is 0 Å². The van der Waals surface area contributed by atoms with Gasteiger partial charge in [0.2, 0.25) is 0 Å². The second-order valence-electron chi connectivity index (χ2n) is 26.5. The van der Waals surface area contributed by atoms with E-state index < -0.39 is 0 Å². The van der Waals surface area contributed by atoms with E-state index in [0.29, 0.717) is 0 Å². The van der Waals surface area contributed by atoms with E-state index in [-0.39, 0.29) is 0 Å². The molecular formula is C88H72N2. The summed E-state index contributed by atoms with van der Waals surface area (Å²) in [5.41, 5.74) is 15.4. The molecule has 0 saturated carbocycles. The number of fused-ring (bicyclic) bond motifs is 6. The van der Waals surface area contributed by atoms with Crippen LogP contribution in [0.25, 0.3) is 185 Å². The molecule has 90 heavy (non-hydrogen) atoms. The number of unbranched alkanes of at least 4 members (excludes halogenated alkanes) is 10. The first kappa shape index (κ1) is 53.3. The van der Waals surface area contributed by atoms with Gasteiger partial charge >= 0.3 is 0 Å². The van der Waals surface area contributed by atoms with E-state index >= 15 is 0 Å². The Hall–Kier alpha value is -9.76. The maximum absolute atomic E-state index is 2.62. The topological polar surface area (TPSA) is 9.86 Å². The summed E-state index contributed by atoms with van der Waals surface area (Å²) in [5, 5.41) is 29.1.